The van der Waals surface area contributed by atoms with Gasteiger partial charge in [0.05, 0.1) is 17.5 Å². The van der Waals surface area contributed by atoms with Crippen LogP contribution in [0.4, 0.5) is 14.5 Å². The molecule has 1 aromatic heterocycles. The number of amides is 2. The number of nitrogens with one attached hydrogen (secondary N) is 2. The molecule has 1 heterocycles. The number of hydrogen-bond donors (Lipinski definition) is 2. The average Bonchev–Trinajstić information content (AvgIpc) is 3.18. The lowest BCUT2D eigenvalue weighted by molar-refractivity contribution is -0.113. The Bertz CT molecular complexity index is 1150. The van der Waals surface area contributed by atoms with Crippen LogP contribution in [-0.2, 0) is 11.3 Å². The van der Waals surface area contributed by atoms with Crippen LogP contribution < -0.4 is 10.6 Å². The van der Waals surface area contributed by atoms with E-state index >= 15 is 0 Å². The number of hydrogen-bond acceptors (Lipinski definition) is 5. The lowest BCUT2D eigenvalue weighted by atomic mass is 10.2. The number of anilines is 1. The minimum absolute atomic E-state index is 0.0940. The van der Waals surface area contributed by atoms with E-state index in [4.69, 9.17) is 0 Å². The van der Waals surface area contributed by atoms with Crippen molar-refractivity contribution in [1.29, 1.82) is 0 Å². The first-order valence-corrected chi connectivity index (χ1v) is 11.5. The van der Waals surface area contributed by atoms with Crippen LogP contribution in [0.3, 0.4) is 0 Å². The summed E-state index contributed by atoms with van der Waals surface area (Å²) in [5.41, 5.74) is 0.372. The Morgan fingerprint density at radius 2 is 1.97 bits per heavy atom. The summed E-state index contributed by atoms with van der Waals surface area (Å²) < 4.78 is 29.0. The second-order valence-electron chi connectivity index (χ2n) is 6.88. The molecule has 0 aliphatic heterocycles. The predicted octanol–water partition coefficient (Wildman–Crippen LogP) is 4.73. The van der Waals surface area contributed by atoms with Crippen molar-refractivity contribution in [1.82, 2.24) is 20.1 Å². The number of aromatic nitrogens is 3. The maximum absolute atomic E-state index is 14.0. The van der Waals surface area contributed by atoms with Crippen LogP contribution in [0.25, 0.3) is 0 Å². The second-order valence-corrected chi connectivity index (χ2v) is 8.68. The normalized spacial score (nSPS) is 11.6. The van der Waals surface area contributed by atoms with Crippen molar-refractivity contribution in [3.05, 3.63) is 82.6 Å². The van der Waals surface area contributed by atoms with Gasteiger partial charge in [0.1, 0.15) is 5.82 Å². The molecule has 0 aliphatic rings. The molecule has 7 nitrogen and oxygen atoms in total. The summed E-state index contributed by atoms with van der Waals surface area (Å²) in [5.74, 6) is -2.01. The van der Waals surface area contributed by atoms with Crippen LogP contribution in [0.15, 0.2) is 64.7 Å². The average molecular weight is 536 g/mol. The number of halogens is 3. The summed E-state index contributed by atoms with van der Waals surface area (Å²) in [6.45, 7) is 5.87. The van der Waals surface area contributed by atoms with E-state index in [1.54, 1.807) is 41.8 Å². The van der Waals surface area contributed by atoms with Gasteiger partial charge in [0.25, 0.3) is 5.91 Å². The zero-order valence-electron chi connectivity index (χ0n) is 17.5. The molecule has 11 heteroatoms. The Morgan fingerprint density at radius 1 is 1.24 bits per heavy atom. The van der Waals surface area contributed by atoms with Crippen LogP contribution in [0, 0.1) is 11.6 Å². The molecular weight excluding hydrogens is 516 g/mol. The number of carbonyl (C=O) groups excluding carboxylic acids is 2. The molecule has 0 aliphatic carbocycles. The van der Waals surface area contributed by atoms with Crippen molar-refractivity contribution in [2.75, 3.05) is 11.1 Å². The molecule has 0 spiro atoms. The molecule has 2 amide bonds. The molecular formula is C22H20BrF2N5O2S. The lowest BCUT2D eigenvalue weighted by Crippen LogP contribution is -2.28. The fourth-order valence-corrected chi connectivity index (χ4v) is 4.19. The van der Waals surface area contributed by atoms with Gasteiger partial charge in [-0.25, -0.2) is 8.78 Å². The molecule has 0 radical (unpaired) electrons. The molecule has 3 rings (SSSR count). The molecule has 0 fully saturated rings. The largest absolute Gasteiger partial charge is 0.342 e. The smallest absolute Gasteiger partial charge is 0.251 e. The fraction of sp³-hybridized carbons (Fsp3) is 0.182. The number of thioether (sulfide) groups is 1. The number of allylic oxidation sites excluding steroid dienone is 1. The van der Waals surface area contributed by atoms with Crippen LogP contribution in [0.5, 0.6) is 0 Å². The Labute approximate surface area is 201 Å². The number of rotatable bonds is 9. The van der Waals surface area contributed by atoms with E-state index in [0.29, 0.717) is 29.2 Å². The molecule has 172 valence electrons. The van der Waals surface area contributed by atoms with Crippen molar-refractivity contribution in [3.8, 4) is 0 Å². The third-order valence-electron chi connectivity index (χ3n) is 4.43. The third-order valence-corrected chi connectivity index (χ3v) is 6.02. The van der Waals surface area contributed by atoms with Crippen molar-refractivity contribution in [3.63, 3.8) is 0 Å². The van der Waals surface area contributed by atoms with Crippen molar-refractivity contribution in [2.45, 2.75) is 24.7 Å². The molecule has 0 saturated heterocycles. The highest BCUT2D eigenvalue weighted by molar-refractivity contribution is 9.10. The fourth-order valence-electron chi connectivity index (χ4n) is 2.93. The predicted molar refractivity (Wildman–Crippen MR) is 126 cm³/mol. The van der Waals surface area contributed by atoms with Gasteiger partial charge in [-0.3, -0.25) is 9.59 Å². The molecule has 2 aromatic carbocycles. The maximum Gasteiger partial charge on any atom is 0.251 e. The highest BCUT2D eigenvalue weighted by Crippen LogP contribution is 2.27. The third kappa shape index (κ3) is 6.26. The first kappa shape index (κ1) is 24.6. The minimum atomic E-state index is -0.889. The highest BCUT2D eigenvalue weighted by atomic mass is 79.9. The van der Waals surface area contributed by atoms with E-state index in [1.165, 1.54) is 0 Å². The molecule has 3 aromatic rings. The Balaban J connectivity index is 1.68. The van der Waals surface area contributed by atoms with Crippen LogP contribution >= 0.6 is 27.7 Å². The molecule has 2 N–H and O–H groups in total. The van der Waals surface area contributed by atoms with Gasteiger partial charge in [-0.15, -0.1) is 16.8 Å². The first-order chi connectivity index (χ1) is 15.8. The summed E-state index contributed by atoms with van der Waals surface area (Å²) in [5, 5.41) is 14.0. The molecule has 1 atom stereocenters. The minimum Gasteiger partial charge on any atom is -0.342 e. The topological polar surface area (TPSA) is 88.9 Å². The Kier molecular flexibility index (Phi) is 8.34. The monoisotopic (exact) mass is 535 g/mol. The second kappa shape index (κ2) is 11.2. The van der Waals surface area contributed by atoms with Gasteiger partial charge in [-0.05, 0) is 41.1 Å². The summed E-state index contributed by atoms with van der Waals surface area (Å²) >= 11 is 4.12. The zero-order valence-corrected chi connectivity index (χ0v) is 19.9. The van der Waals surface area contributed by atoms with E-state index in [2.05, 4.69) is 43.3 Å². The van der Waals surface area contributed by atoms with Gasteiger partial charge >= 0.3 is 0 Å². The van der Waals surface area contributed by atoms with Crippen molar-refractivity contribution in [2.24, 2.45) is 0 Å². The van der Waals surface area contributed by atoms with Gasteiger partial charge in [0.15, 0.2) is 16.8 Å². The number of carbonyl (C=O) groups is 2. The Hall–Kier alpha value is -3.05. The van der Waals surface area contributed by atoms with Gasteiger partial charge in [0.2, 0.25) is 5.91 Å². The highest BCUT2D eigenvalue weighted by Gasteiger charge is 2.21. The van der Waals surface area contributed by atoms with Gasteiger partial charge in [0, 0.05) is 22.6 Å². The van der Waals surface area contributed by atoms with E-state index in [1.807, 2.05) is 6.07 Å². The lowest BCUT2D eigenvalue weighted by Gasteiger charge is -2.15. The summed E-state index contributed by atoms with van der Waals surface area (Å²) in [6, 6.07) is 10.1. The molecule has 0 bridgehead atoms. The molecule has 0 unspecified atom stereocenters. The van der Waals surface area contributed by atoms with Crippen LogP contribution in [0.2, 0.25) is 0 Å². The summed E-state index contributed by atoms with van der Waals surface area (Å²) in [6.07, 6.45) is 1.65. The Morgan fingerprint density at radius 3 is 2.64 bits per heavy atom. The van der Waals surface area contributed by atoms with Crippen LogP contribution in [0.1, 0.15) is 29.1 Å². The SMILES string of the molecule is C=CCn1c(SCC(=O)Nc2c(F)cc(F)cc2Br)nnc1[C@@H](C)NC(=O)c1ccccc1. The first-order valence-electron chi connectivity index (χ1n) is 9.77. The summed E-state index contributed by atoms with van der Waals surface area (Å²) in [4.78, 5) is 24.8. The zero-order chi connectivity index (χ0) is 24.0. The van der Waals surface area contributed by atoms with Gasteiger partial charge < -0.3 is 15.2 Å². The summed E-state index contributed by atoms with van der Waals surface area (Å²) in [7, 11) is 0. The van der Waals surface area contributed by atoms with E-state index in [9.17, 15) is 18.4 Å². The van der Waals surface area contributed by atoms with Gasteiger partial charge in [-0.1, -0.05) is 36.0 Å². The van der Waals surface area contributed by atoms with Crippen molar-refractivity contribution >= 4 is 45.2 Å². The van der Waals surface area contributed by atoms with E-state index in [-0.39, 0.29) is 21.8 Å². The number of nitrogens with zero attached hydrogens (tertiary/aromatic N) is 3. The molecule has 0 saturated carbocycles. The number of benzene rings is 2. The van der Waals surface area contributed by atoms with E-state index < -0.39 is 23.6 Å². The standard InChI is InChI=1S/C22H20BrF2N5O2S/c1-3-9-30-20(13(2)26-21(32)14-7-5-4-6-8-14)28-29-22(30)33-12-18(31)27-19-16(23)10-15(24)11-17(19)25/h3-8,10-11,13H,1,9,12H2,2H3,(H,26,32)(H,27,31)/t13-/m1/s1. The van der Waals surface area contributed by atoms with Crippen LogP contribution in [-0.4, -0.2) is 32.3 Å². The van der Waals surface area contributed by atoms with Gasteiger partial charge in [-0.2, -0.15) is 0 Å². The quantitative estimate of drug-likeness (QED) is 0.305. The van der Waals surface area contributed by atoms with Crippen molar-refractivity contribution < 1.29 is 18.4 Å². The maximum atomic E-state index is 14.0. The molecule has 33 heavy (non-hydrogen) atoms. The van der Waals surface area contributed by atoms with E-state index in [0.717, 1.165) is 17.8 Å².